The number of rotatable bonds is 7. The number of halogens is 2. The molecule has 1 aromatic carbocycles. The molecule has 1 amide bonds. The molecule has 0 aliphatic rings. The number of carbonyl (C=O) groups is 1. The van der Waals surface area contributed by atoms with Crippen molar-refractivity contribution in [1.29, 1.82) is 0 Å². The first kappa shape index (κ1) is 16.6. The molecular weight excluding hydrogens is 306 g/mol. The number of likely N-dealkylation sites (N-methyl/N-ethyl adjacent to an activating group) is 1. The quantitative estimate of drug-likeness (QED) is 0.845. The number of amides is 1. The number of anilines is 1. The zero-order valence-electron chi connectivity index (χ0n) is 12.3. The number of nitrogens with one attached hydrogen (secondary N) is 1. The molecule has 1 N–H and O–H groups in total. The van der Waals surface area contributed by atoms with Crippen LogP contribution in [0.4, 0.5) is 14.5 Å². The third-order valence-corrected chi connectivity index (χ3v) is 4.23. The first-order valence-electron chi connectivity index (χ1n) is 7.08. The van der Waals surface area contributed by atoms with Gasteiger partial charge in [-0.3, -0.25) is 9.69 Å². The number of thiophene rings is 1. The van der Waals surface area contributed by atoms with Gasteiger partial charge in [-0.2, -0.15) is 0 Å². The number of nitrogens with zero attached hydrogens (tertiary/aromatic N) is 1. The maximum atomic E-state index is 13.5. The molecule has 2 rings (SSSR count). The SMILES string of the molecule is CCN(CCc1cccs1)CC(=O)Nc1c(F)cccc1F. The summed E-state index contributed by atoms with van der Waals surface area (Å²) in [5.41, 5.74) is -0.387. The molecule has 1 heterocycles. The molecule has 0 bridgehead atoms. The van der Waals surface area contributed by atoms with Crippen LogP contribution >= 0.6 is 11.3 Å². The van der Waals surface area contributed by atoms with Crippen LogP contribution in [0.25, 0.3) is 0 Å². The van der Waals surface area contributed by atoms with E-state index in [2.05, 4.69) is 5.32 Å². The standard InChI is InChI=1S/C16H18F2N2OS/c1-2-20(9-8-12-5-4-10-22-12)11-15(21)19-16-13(17)6-3-7-14(16)18/h3-7,10H,2,8-9,11H2,1H3,(H,19,21). The maximum Gasteiger partial charge on any atom is 0.238 e. The summed E-state index contributed by atoms with van der Waals surface area (Å²) in [4.78, 5) is 15.2. The fourth-order valence-corrected chi connectivity index (χ4v) is 2.77. The minimum atomic E-state index is -0.769. The summed E-state index contributed by atoms with van der Waals surface area (Å²) in [6.45, 7) is 3.48. The molecule has 1 aromatic heterocycles. The van der Waals surface area contributed by atoms with E-state index in [1.54, 1.807) is 11.3 Å². The zero-order valence-corrected chi connectivity index (χ0v) is 13.1. The predicted molar refractivity (Wildman–Crippen MR) is 85.1 cm³/mol. The van der Waals surface area contributed by atoms with E-state index >= 15 is 0 Å². The Kier molecular flexibility index (Phi) is 6.03. The van der Waals surface area contributed by atoms with Gasteiger partial charge in [-0.15, -0.1) is 11.3 Å². The Bertz CT molecular complexity index is 596. The Morgan fingerprint density at radius 3 is 2.55 bits per heavy atom. The lowest BCUT2D eigenvalue weighted by Crippen LogP contribution is -2.34. The molecule has 0 atom stereocenters. The topological polar surface area (TPSA) is 32.3 Å². The van der Waals surface area contributed by atoms with Crippen molar-refractivity contribution in [2.24, 2.45) is 0 Å². The third kappa shape index (κ3) is 4.61. The van der Waals surface area contributed by atoms with Crippen molar-refractivity contribution in [2.45, 2.75) is 13.3 Å². The summed E-state index contributed by atoms with van der Waals surface area (Å²) in [5.74, 6) is -1.96. The number of hydrogen-bond donors (Lipinski definition) is 1. The van der Waals surface area contributed by atoms with Crippen molar-refractivity contribution >= 4 is 22.9 Å². The number of hydrogen-bond acceptors (Lipinski definition) is 3. The third-order valence-electron chi connectivity index (χ3n) is 3.30. The van der Waals surface area contributed by atoms with Crippen LogP contribution in [0.5, 0.6) is 0 Å². The molecule has 0 aliphatic heterocycles. The van der Waals surface area contributed by atoms with Crippen LogP contribution in [0.3, 0.4) is 0 Å². The highest BCUT2D eigenvalue weighted by Crippen LogP contribution is 2.18. The smallest absolute Gasteiger partial charge is 0.238 e. The van der Waals surface area contributed by atoms with Gasteiger partial charge in [0.1, 0.15) is 17.3 Å². The highest BCUT2D eigenvalue weighted by Gasteiger charge is 2.14. The van der Waals surface area contributed by atoms with Gasteiger partial charge in [0.25, 0.3) is 0 Å². The van der Waals surface area contributed by atoms with Gasteiger partial charge in [0.15, 0.2) is 0 Å². The minimum absolute atomic E-state index is 0.107. The molecule has 6 heteroatoms. The molecule has 0 aliphatic carbocycles. The highest BCUT2D eigenvalue weighted by molar-refractivity contribution is 7.09. The Hall–Kier alpha value is -1.79. The molecule has 0 saturated carbocycles. The first-order valence-corrected chi connectivity index (χ1v) is 7.96. The average Bonchev–Trinajstić information content (AvgIpc) is 3.01. The largest absolute Gasteiger partial charge is 0.320 e. The summed E-state index contributed by atoms with van der Waals surface area (Å²) in [6.07, 6.45) is 0.854. The fraction of sp³-hybridized carbons (Fsp3) is 0.312. The van der Waals surface area contributed by atoms with E-state index in [-0.39, 0.29) is 12.2 Å². The van der Waals surface area contributed by atoms with E-state index in [4.69, 9.17) is 0 Å². The molecule has 22 heavy (non-hydrogen) atoms. The fourth-order valence-electron chi connectivity index (χ4n) is 2.07. The van der Waals surface area contributed by atoms with Crippen LogP contribution in [0.1, 0.15) is 11.8 Å². The lowest BCUT2D eigenvalue weighted by molar-refractivity contribution is -0.117. The van der Waals surface area contributed by atoms with Gasteiger partial charge in [0, 0.05) is 11.4 Å². The van der Waals surface area contributed by atoms with Crippen molar-refractivity contribution in [1.82, 2.24) is 4.90 Å². The molecular formula is C16H18F2N2OS. The summed E-state index contributed by atoms with van der Waals surface area (Å²) in [5, 5.41) is 4.32. The maximum absolute atomic E-state index is 13.5. The van der Waals surface area contributed by atoms with Gasteiger partial charge >= 0.3 is 0 Å². The summed E-state index contributed by atoms with van der Waals surface area (Å²) < 4.78 is 27.0. The number of benzene rings is 1. The molecule has 0 radical (unpaired) electrons. The average molecular weight is 324 g/mol. The second-order valence-electron chi connectivity index (χ2n) is 4.84. The van der Waals surface area contributed by atoms with Crippen molar-refractivity contribution < 1.29 is 13.6 Å². The summed E-state index contributed by atoms with van der Waals surface area (Å²) >= 11 is 1.67. The van der Waals surface area contributed by atoms with Gasteiger partial charge in [0.2, 0.25) is 5.91 Å². The second-order valence-corrected chi connectivity index (χ2v) is 5.88. The number of para-hydroxylation sites is 1. The van der Waals surface area contributed by atoms with Crippen LogP contribution in [0, 0.1) is 11.6 Å². The molecule has 2 aromatic rings. The zero-order chi connectivity index (χ0) is 15.9. The van der Waals surface area contributed by atoms with Crippen molar-refractivity contribution in [2.75, 3.05) is 25.0 Å². The molecule has 0 unspecified atom stereocenters. The van der Waals surface area contributed by atoms with E-state index < -0.39 is 17.5 Å². The van der Waals surface area contributed by atoms with Crippen LogP contribution in [-0.4, -0.2) is 30.4 Å². The first-order chi connectivity index (χ1) is 10.6. The summed E-state index contributed by atoms with van der Waals surface area (Å²) in [7, 11) is 0. The van der Waals surface area contributed by atoms with E-state index in [0.29, 0.717) is 6.54 Å². The molecule has 3 nitrogen and oxygen atoms in total. The Balaban J connectivity index is 1.89. The van der Waals surface area contributed by atoms with Gasteiger partial charge in [0.05, 0.1) is 6.54 Å². The Labute approximate surface area is 132 Å². The normalized spacial score (nSPS) is 10.9. The van der Waals surface area contributed by atoms with Crippen LogP contribution in [-0.2, 0) is 11.2 Å². The molecule has 118 valence electrons. The van der Waals surface area contributed by atoms with E-state index in [1.807, 2.05) is 29.3 Å². The highest BCUT2D eigenvalue weighted by atomic mass is 32.1. The van der Waals surface area contributed by atoms with Crippen LogP contribution < -0.4 is 5.32 Å². The monoisotopic (exact) mass is 324 g/mol. The Morgan fingerprint density at radius 2 is 1.95 bits per heavy atom. The lowest BCUT2D eigenvalue weighted by atomic mass is 10.2. The van der Waals surface area contributed by atoms with Crippen molar-refractivity contribution in [3.8, 4) is 0 Å². The molecule has 0 saturated heterocycles. The van der Waals surface area contributed by atoms with Crippen molar-refractivity contribution in [3.05, 3.63) is 52.2 Å². The van der Waals surface area contributed by atoms with Gasteiger partial charge < -0.3 is 5.32 Å². The van der Waals surface area contributed by atoms with Gasteiger partial charge in [-0.25, -0.2) is 8.78 Å². The van der Waals surface area contributed by atoms with Crippen LogP contribution in [0.15, 0.2) is 35.7 Å². The van der Waals surface area contributed by atoms with E-state index in [9.17, 15) is 13.6 Å². The minimum Gasteiger partial charge on any atom is -0.320 e. The molecule has 0 fully saturated rings. The number of carbonyl (C=O) groups excluding carboxylic acids is 1. The lowest BCUT2D eigenvalue weighted by Gasteiger charge is -2.19. The predicted octanol–water partition coefficient (Wildman–Crippen LogP) is 3.53. The van der Waals surface area contributed by atoms with E-state index in [1.165, 1.54) is 10.9 Å². The van der Waals surface area contributed by atoms with E-state index in [0.717, 1.165) is 25.1 Å². The van der Waals surface area contributed by atoms with Gasteiger partial charge in [-0.1, -0.05) is 19.1 Å². The van der Waals surface area contributed by atoms with Crippen LogP contribution in [0.2, 0.25) is 0 Å². The Morgan fingerprint density at radius 1 is 1.23 bits per heavy atom. The van der Waals surface area contributed by atoms with Gasteiger partial charge in [-0.05, 0) is 36.5 Å². The summed E-state index contributed by atoms with van der Waals surface area (Å²) in [6, 6.07) is 7.54. The van der Waals surface area contributed by atoms with Crippen molar-refractivity contribution in [3.63, 3.8) is 0 Å². The molecule has 0 spiro atoms. The second kappa shape index (κ2) is 8.00.